The maximum atomic E-state index is 10.9. The van der Waals surface area contributed by atoms with Crippen molar-refractivity contribution in [3.63, 3.8) is 0 Å². The normalized spacial score (nSPS) is 9.36. The summed E-state index contributed by atoms with van der Waals surface area (Å²) in [7, 11) is 3.31. The fourth-order valence-corrected chi connectivity index (χ4v) is 0.694. The molecule has 0 aromatic heterocycles. The molecule has 11 heavy (non-hydrogen) atoms. The Morgan fingerprint density at radius 2 is 1.82 bits per heavy atom. The van der Waals surface area contributed by atoms with Crippen LogP contribution >= 0.6 is 0 Å². The van der Waals surface area contributed by atoms with Gasteiger partial charge in [-0.1, -0.05) is 6.92 Å². The summed E-state index contributed by atoms with van der Waals surface area (Å²) < 4.78 is 0. The Morgan fingerprint density at radius 1 is 1.27 bits per heavy atom. The van der Waals surface area contributed by atoms with E-state index in [1.54, 1.807) is 14.1 Å². The standard InChI is InChI=1S/C8H15NO2/c1-4-5-7(10)6-8(11)9(2)3/h4-6H2,1-3H3. The molecule has 0 aliphatic heterocycles. The summed E-state index contributed by atoms with van der Waals surface area (Å²) in [5, 5.41) is 0. The van der Waals surface area contributed by atoms with E-state index in [-0.39, 0.29) is 18.1 Å². The Balaban J connectivity index is 3.67. The number of hydrogen-bond donors (Lipinski definition) is 0. The summed E-state index contributed by atoms with van der Waals surface area (Å²) in [6, 6.07) is 0. The number of nitrogens with zero attached hydrogens (tertiary/aromatic N) is 1. The quantitative estimate of drug-likeness (QED) is 0.567. The molecule has 0 spiro atoms. The van der Waals surface area contributed by atoms with Crippen molar-refractivity contribution >= 4 is 11.7 Å². The molecule has 3 heteroatoms. The van der Waals surface area contributed by atoms with E-state index in [9.17, 15) is 9.59 Å². The predicted molar refractivity (Wildman–Crippen MR) is 43.2 cm³/mol. The number of carbonyl (C=O) groups is 2. The molecule has 0 aromatic rings. The number of amides is 1. The van der Waals surface area contributed by atoms with Gasteiger partial charge in [-0.05, 0) is 6.42 Å². The average Bonchev–Trinajstić information content (AvgIpc) is 1.87. The van der Waals surface area contributed by atoms with Crippen LogP contribution in [0.2, 0.25) is 0 Å². The first-order chi connectivity index (χ1) is 5.07. The Bertz CT molecular complexity index is 152. The zero-order chi connectivity index (χ0) is 8.85. The van der Waals surface area contributed by atoms with Gasteiger partial charge in [0.25, 0.3) is 0 Å². The summed E-state index contributed by atoms with van der Waals surface area (Å²) in [4.78, 5) is 23.3. The molecular weight excluding hydrogens is 142 g/mol. The molecule has 0 aliphatic rings. The molecule has 0 saturated carbocycles. The first-order valence-electron chi connectivity index (χ1n) is 3.79. The number of hydrogen-bond acceptors (Lipinski definition) is 2. The molecule has 0 atom stereocenters. The van der Waals surface area contributed by atoms with Crippen molar-refractivity contribution in [2.24, 2.45) is 0 Å². The van der Waals surface area contributed by atoms with Gasteiger partial charge in [-0.3, -0.25) is 9.59 Å². The maximum Gasteiger partial charge on any atom is 0.229 e. The minimum absolute atomic E-state index is 0.0335. The third-order valence-electron chi connectivity index (χ3n) is 1.38. The molecule has 0 fully saturated rings. The molecule has 0 N–H and O–H groups in total. The Morgan fingerprint density at radius 3 is 2.18 bits per heavy atom. The van der Waals surface area contributed by atoms with Crippen LogP contribution < -0.4 is 0 Å². The maximum absolute atomic E-state index is 10.9. The third-order valence-corrected chi connectivity index (χ3v) is 1.38. The highest BCUT2D eigenvalue weighted by atomic mass is 16.2. The number of ketones is 1. The summed E-state index contributed by atoms with van der Waals surface area (Å²) >= 11 is 0. The largest absolute Gasteiger partial charge is 0.348 e. The fourth-order valence-electron chi connectivity index (χ4n) is 0.694. The van der Waals surface area contributed by atoms with E-state index in [4.69, 9.17) is 0 Å². The van der Waals surface area contributed by atoms with Crippen molar-refractivity contribution in [2.75, 3.05) is 14.1 Å². The summed E-state index contributed by atoms with van der Waals surface area (Å²) in [6.45, 7) is 1.93. The van der Waals surface area contributed by atoms with Gasteiger partial charge in [0.15, 0.2) is 0 Å². The molecule has 0 radical (unpaired) electrons. The highest BCUT2D eigenvalue weighted by molar-refractivity contribution is 5.97. The van der Waals surface area contributed by atoms with Crippen LogP contribution in [0.25, 0.3) is 0 Å². The van der Waals surface area contributed by atoms with E-state index in [1.807, 2.05) is 6.92 Å². The lowest BCUT2D eigenvalue weighted by Gasteiger charge is -2.08. The second-order valence-electron chi connectivity index (χ2n) is 2.75. The van der Waals surface area contributed by atoms with E-state index in [2.05, 4.69) is 0 Å². The van der Waals surface area contributed by atoms with Gasteiger partial charge in [0, 0.05) is 20.5 Å². The van der Waals surface area contributed by atoms with Crippen LogP contribution in [0.4, 0.5) is 0 Å². The van der Waals surface area contributed by atoms with Gasteiger partial charge in [0.1, 0.15) is 5.78 Å². The van der Waals surface area contributed by atoms with Gasteiger partial charge in [-0.25, -0.2) is 0 Å². The highest BCUT2D eigenvalue weighted by Crippen LogP contribution is 1.96. The first-order valence-corrected chi connectivity index (χ1v) is 3.79. The first kappa shape index (κ1) is 10.1. The molecule has 0 saturated heterocycles. The molecule has 1 amide bonds. The third kappa shape index (κ3) is 4.53. The van der Waals surface area contributed by atoms with E-state index in [0.717, 1.165) is 6.42 Å². The van der Waals surface area contributed by atoms with Gasteiger partial charge in [0.2, 0.25) is 5.91 Å². The van der Waals surface area contributed by atoms with Crippen molar-refractivity contribution in [3.8, 4) is 0 Å². The Kier molecular flexibility index (Phi) is 4.50. The van der Waals surface area contributed by atoms with Crippen molar-refractivity contribution in [1.82, 2.24) is 4.90 Å². The lowest BCUT2D eigenvalue weighted by molar-refractivity contribution is -0.133. The Hall–Kier alpha value is -0.860. The van der Waals surface area contributed by atoms with Gasteiger partial charge in [-0.15, -0.1) is 0 Å². The molecular formula is C8H15NO2. The second-order valence-corrected chi connectivity index (χ2v) is 2.75. The minimum Gasteiger partial charge on any atom is -0.348 e. The van der Waals surface area contributed by atoms with Crippen LogP contribution in [0.15, 0.2) is 0 Å². The van der Waals surface area contributed by atoms with Crippen LogP contribution in [0.3, 0.4) is 0 Å². The van der Waals surface area contributed by atoms with Crippen LogP contribution in [0.5, 0.6) is 0 Å². The van der Waals surface area contributed by atoms with E-state index < -0.39 is 0 Å². The lowest BCUT2D eigenvalue weighted by atomic mass is 10.2. The van der Waals surface area contributed by atoms with Crippen LogP contribution in [0, 0.1) is 0 Å². The van der Waals surface area contributed by atoms with Crippen molar-refractivity contribution in [2.45, 2.75) is 26.2 Å². The number of rotatable bonds is 4. The molecule has 3 nitrogen and oxygen atoms in total. The fraction of sp³-hybridized carbons (Fsp3) is 0.750. The van der Waals surface area contributed by atoms with Gasteiger partial charge < -0.3 is 4.90 Å². The average molecular weight is 157 g/mol. The molecule has 0 heterocycles. The van der Waals surface area contributed by atoms with Gasteiger partial charge in [-0.2, -0.15) is 0 Å². The molecule has 0 aromatic carbocycles. The highest BCUT2D eigenvalue weighted by Gasteiger charge is 2.09. The van der Waals surface area contributed by atoms with Crippen molar-refractivity contribution < 1.29 is 9.59 Å². The van der Waals surface area contributed by atoms with Crippen LogP contribution in [-0.4, -0.2) is 30.7 Å². The van der Waals surface area contributed by atoms with Crippen LogP contribution in [-0.2, 0) is 9.59 Å². The van der Waals surface area contributed by atoms with Crippen molar-refractivity contribution in [3.05, 3.63) is 0 Å². The zero-order valence-corrected chi connectivity index (χ0v) is 7.39. The minimum atomic E-state index is -0.108. The van der Waals surface area contributed by atoms with E-state index in [1.165, 1.54) is 4.90 Å². The second kappa shape index (κ2) is 4.88. The SMILES string of the molecule is CCCC(=O)CC(=O)N(C)C. The van der Waals surface area contributed by atoms with Gasteiger partial charge in [0.05, 0.1) is 6.42 Å². The van der Waals surface area contributed by atoms with E-state index >= 15 is 0 Å². The number of Topliss-reactive ketones (excluding diaryl/α,β-unsaturated/α-hetero) is 1. The summed E-state index contributed by atoms with van der Waals surface area (Å²) in [5.74, 6) is -0.0744. The smallest absolute Gasteiger partial charge is 0.229 e. The van der Waals surface area contributed by atoms with Crippen molar-refractivity contribution in [1.29, 1.82) is 0 Å². The molecule has 0 unspecified atom stereocenters. The topological polar surface area (TPSA) is 37.4 Å². The molecule has 0 bridgehead atoms. The molecule has 64 valence electrons. The molecule has 0 rings (SSSR count). The summed E-state index contributed by atoms with van der Waals surface area (Å²) in [6.07, 6.45) is 1.39. The summed E-state index contributed by atoms with van der Waals surface area (Å²) in [5.41, 5.74) is 0. The van der Waals surface area contributed by atoms with Crippen LogP contribution in [0.1, 0.15) is 26.2 Å². The number of carbonyl (C=O) groups excluding carboxylic acids is 2. The molecule has 0 aliphatic carbocycles. The predicted octanol–water partition coefficient (Wildman–Crippen LogP) is 0.834. The zero-order valence-electron chi connectivity index (χ0n) is 7.39. The van der Waals surface area contributed by atoms with E-state index in [0.29, 0.717) is 6.42 Å². The monoisotopic (exact) mass is 157 g/mol. The lowest BCUT2D eigenvalue weighted by Crippen LogP contribution is -2.24. The van der Waals surface area contributed by atoms with Gasteiger partial charge >= 0.3 is 0 Å². The Labute approximate surface area is 67.4 Å².